The first-order valence-electron chi connectivity index (χ1n) is 10.9. The summed E-state index contributed by atoms with van der Waals surface area (Å²) in [6.45, 7) is 1.71. The van der Waals surface area contributed by atoms with E-state index in [1.54, 1.807) is 38.3 Å². The summed E-state index contributed by atoms with van der Waals surface area (Å²) in [4.78, 5) is 26.1. The van der Waals surface area contributed by atoms with Crippen molar-refractivity contribution in [2.75, 3.05) is 7.11 Å². The van der Waals surface area contributed by atoms with Gasteiger partial charge >= 0.3 is 12.1 Å². The maximum absolute atomic E-state index is 13.2. The molecule has 2 aromatic carbocycles. The number of carbonyl (C=O) groups excluding carboxylic acids is 2. The number of carbonyl (C=O) groups is 2. The highest BCUT2D eigenvalue weighted by Gasteiger charge is 2.43. The quantitative estimate of drug-likeness (QED) is 0.601. The lowest BCUT2D eigenvalue weighted by Crippen LogP contribution is -2.40. The molecule has 1 aliphatic carbocycles. The first-order chi connectivity index (χ1) is 16.2. The van der Waals surface area contributed by atoms with E-state index in [0.29, 0.717) is 35.5 Å². The number of rotatable bonds is 5. The van der Waals surface area contributed by atoms with Gasteiger partial charge < -0.3 is 14.8 Å². The number of hydrogen-bond acceptors (Lipinski definition) is 5. The first-order valence-corrected chi connectivity index (χ1v) is 10.9. The molecule has 0 fully saturated rings. The molecule has 0 aromatic heterocycles. The van der Waals surface area contributed by atoms with E-state index >= 15 is 0 Å². The third kappa shape index (κ3) is 4.71. The highest BCUT2D eigenvalue weighted by molar-refractivity contribution is 5.96. The zero-order chi connectivity index (χ0) is 24.5. The van der Waals surface area contributed by atoms with E-state index < -0.39 is 29.5 Å². The molecule has 0 saturated carbocycles. The summed E-state index contributed by atoms with van der Waals surface area (Å²) >= 11 is 0. The molecule has 2 aliphatic rings. The number of nitrogens with one attached hydrogen (secondary N) is 1. The highest BCUT2D eigenvalue weighted by atomic mass is 19.4. The van der Waals surface area contributed by atoms with Crippen LogP contribution in [0.15, 0.2) is 71.6 Å². The predicted molar refractivity (Wildman–Crippen MR) is 119 cm³/mol. The van der Waals surface area contributed by atoms with Crippen LogP contribution < -0.4 is 10.1 Å². The minimum atomic E-state index is -4.48. The molecule has 8 heteroatoms. The van der Waals surface area contributed by atoms with E-state index in [4.69, 9.17) is 9.47 Å². The fraction of sp³-hybridized carbons (Fsp3) is 0.308. The van der Waals surface area contributed by atoms with Gasteiger partial charge in [-0.15, -0.1) is 0 Å². The first kappa shape index (κ1) is 23.6. The van der Waals surface area contributed by atoms with Crippen molar-refractivity contribution in [1.82, 2.24) is 5.32 Å². The number of Topliss-reactive ketones (excluding diaryl/α,β-unsaturated/α-hetero) is 1. The monoisotopic (exact) mass is 471 g/mol. The van der Waals surface area contributed by atoms with Crippen LogP contribution in [0.1, 0.15) is 42.4 Å². The minimum absolute atomic E-state index is 0.000644. The van der Waals surface area contributed by atoms with Crippen LogP contribution in [0.5, 0.6) is 5.75 Å². The van der Waals surface area contributed by atoms with Crippen molar-refractivity contribution >= 4 is 11.8 Å². The van der Waals surface area contributed by atoms with Gasteiger partial charge in [-0.2, -0.15) is 13.2 Å². The molecule has 1 aliphatic heterocycles. The fourth-order valence-electron chi connectivity index (χ4n) is 4.47. The van der Waals surface area contributed by atoms with Crippen LogP contribution >= 0.6 is 0 Å². The average molecular weight is 471 g/mol. The van der Waals surface area contributed by atoms with Crippen LogP contribution in [-0.2, 0) is 27.1 Å². The summed E-state index contributed by atoms with van der Waals surface area (Å²) in [5.41, 5.74) is 1.84. The normalized spacial score (nSPS) is 20.3. The summed E-state index contributed by atoms with van der Waals surface area (Å²) in [6, 6.07) is 11.7. The number of benzene rings is 2. The molecule has 0 amide bonds. The summed E-state index contributed by atoms with van der Waals surface area (Å²) in [5, 5.41) is 3.15. The maximum atomic E-state index is 13.2. The Morgan fingerprint density at radius 3 is 2.35 bits per heavy atom. The van der Waals surface area contributed by atoms with Gasteiger partial charge in [0.05, 0.1) is 24.2 Å². The van der Waals surface area contributed by atoms with Crippen LogP contribution in [-0.4, -0.2) is 18.9 Å². The van der Waals surface area contributed by atoms with E-state index in [9.17, 15) is 22.8 Å². The van der Waals surface area contributed by atoms with E-state index in [0.717, 1.165) is 17.7 Å². The van der Waals surface area contributed by atoms with E-state index in [2.05, 4.69) is 5.32 Å². The minimum Gasteiger partial charge on any atom is -0.497 e. The third-order valence-electron chi connectivity index (χ3n) is 6.16. The lowest BCUT2D eigenvalue weighted by atomic mass is 9.71. The second-order valence-corrected chi connectivity index (χ2v) is 8.33. The van der Waals surface area contributed by atoms with Gasteiger partial charge in [0.25, 0.3) is 0 Å². The standard InChI is InChI=1S/C26H24F3NO4/c1-15-22(25(32)34-14-16-6-12-19(33-2)13-7-16)23(24-20(30-15)4-3-5-21(24)31)17-8-10-18(11-9-17)26(27,28)29/h4,6-13,23-24,30H,3,5,14H2,1-2H3. The second-order valence-electron chi connectivity index (χ2n) is 8.33. The Kier molecular flexibility index (Phi) is 6.50. The molecule has 34 heavy (non-hydrogen) atoms. The Balaban J connectivity index is 1.67. The van der Waals surface area contributed by atoms with Crippen molar-refractivity contribution in [3.05, 3.63) is 88.3 Å². The Morgan fingerprint density at radius 2 is 1.74 bits per heavy atom. The molecule has 2 aromatic rings. The number of fused-ring (bicyclic) bond motifs is 1. The van der Waals surface area contributed by atoms with Crippen LogP contribution in [0.4, 0.5) is 13.2 Å². The molecule has 2 unspecified atom stereocenters. The van der Waals surface area contributed by atoms with Crippen LogP contribution in [0.25, 0.3) is 0 Å². The van der Waals surface area contributed by atoms with Gasteiger partial charge in [-0.3, -0.25) is 4.79 Å². The topological polar surface area (TPSA) is 64.6 Å². The molecule has 0 saturated heterocycles. The zero-order valence-electron chi connectivity index (χ0n) is 18.7. The Labute approximate surface area is 195 Å². The Hall–Kier alpha value is -3.55. The zero-order valence-corrected chi connectivity index (χ0v) is 18.7. The number of alkyl halides is 3. The van der Waals surface area contributed by atoms with Crippen molar-refractivity contribution in [2.24, 2.45) is 5.92 Å². The third-order valence-corrected chi connectivity index (χ3v) is 6.16. The van der Waals surface area contributed by atoms with E-state index in [-0.39, 0.29) is 18.0 Å². The van der Waals surface area contributed by atoms with Crippen molar-refractivity contribution in [3.63, 3.8) is 0 Å². The molecule has 0 radical (unpaired) electrons. The molecule has 1 heterocycles. The molecular formula is C26H24F3NO4. The number of methoxy groups -OCH3 is 1. The lowest BCUT2D eigenvalue weighted by molar-refractivity contribution is -0.141. The van der Waals surface area contributed by atoms with Gasteiger partial charge in [0.2, 0.25) is 0 Å². The number of ketones is 1. The van der Waals surface area contributed by atoms with Gasteiger partial charge in [0.1, 0.15) is 18.1 Å². The largest absolute Gasteiger partial charge is 0.497 e. The smallest absolute Gasteiger partial charge is 0.416 e. The number of esters is 1. The van der Waals surface area contributed by atoms with Crippen LogP contribution in [0.2, 0.25) is 0 Å². The maximum Gasteiger partial charge on any atom is 0.416 e. The number of allylic oxidation sites excluding steroid dienone is 3. The molecule has 5 nitrogen and oxygen atoms in total. The van der Waals surface area contributed by atoms with Gasteiger partial charge in [0, 0.05) is 23.7 Å². The van der Waals surface area contributed by atoms with Crippen LogP contribution in [0.3, 0.4) is 0 Å². The summed E-state index contributed by atoms with van der Waals surface area (Å²) in [7, 11) is 1.55. The van der Waals surface area contributed by atoms with Crippen molar-refractivity contribution in [3.8, 4) is 5.75 Å². The highest BCUT2D eigenvalue weighted by Crippen LogP contribution is 2.44. The molecule has 2 atom stereocenters. The Morgan fingerprint density at radius 1 is 1.06 bits per heavy atom. The molecule has 0 bridgehead atoms. The SMILES string of the molecule is COc1ccc(COC(=O)C2=C(C)NC3=CCCC(=O)C3C2c2ccc(C(F)(F)F)cc2)cc1. The molecule has 0 spiro atoms. The predicted octanol–water partition coefficient (Wildman–Crippen LogP) is 5.28. The van der Waals surface area contributed by atoms with Crippen molar-refractivity contribution < 1.29 is 32.2 Å². The molecule has 4 rings (SSSR count). The number of halogens is 3. The molecular weight excluding hydrogens is 447 g/mol. The fourth-order valence-corrected chi connectivity index (χ4v) is 4.47. The summed E-state index contributed by atoms with van der Waals surface area (Å²) in [5.74, 6) is -1.45. The van der Waals surface area contributed by atoms with E-state index in [1.165, 1.54) is 12.1 Å². The van der Waals surface area contributed by atoms with Gasteiger partial charge in [0.15, 0.2) is 0 Å². The van der Waals surface area contributed by atoms with Crippen LogP contribution in [0, 0.1) is 5.92 Å². The van der Waals surface area contributed by atoms with E-state index in [1.807, 2.05) is 6.08 Å². The lowest BCUT2D eigenvalue weighted by Gasteiger charge is -2.38. The molecule has 178 valence electrons. The van der Waals surface area contributed by atoms with Crippen molar-refractivity contribution in [2.45, 2.75) is 38.5 Å². The number of hydrogen-bond donors (Lipinski definition) is 1. The summed E-state index contributed by atoms with van der Waals surface area (Å²) < 4.78 is 50.0. The average Bonchev–Trinajstić information content (AvgIpc) is 2.81. The van der Waals surface area contributed by atoms with Crippen molar-refractivity contribution in [1.29, 1.82) is 0 Å². The molecule has 1 N–H and O–H groups in total. The van der Waals surface area contributed by atoms with Gasteiger partial charge in [-0.25, -0.2) is 4.79 Å². The van der Waals surface area contributed by atoms with Gasteiger partial charge in [-0.05, 0) is 48.7 Å². The van der Waals surface area contributed by atoms with Gasteiger partial charge in [-0.1, -0.05) is 30.3 Å². The number of ether oxygens (including phenoxy) is 2. The summed E-state index contributed by atoms with van der Waals surface area (Å²) in [6.07, 6.45) is -1.70. The second kappa shape index (κ2) is 9.37. The Bertz CT molecular complexity index is 1150.